The summed E-state index contributed by atoms with van der Waals surface area (Å²) in [7, 11) is 1.31. The van der Waals surface area contributed by atoms with Crippen molar-refractivity contribution < 1.29 is 9.53 Å². The van der Waals surface area contributed by atoms with Crippen LogP contribution in [-0.4, -0.2) is 18.9 Å². The number of allylic oxidation sites excluding steroid dienone is 1. The number of carbonyl (C=O) groups is 1. The summed E-state index contributed by atoms with van der Waals surface area (Å²) in [5.41, 5.74) is 1.62. The van der Waals surface area contributed by atoms with E-state index < -0.39 is 6.09 Å². The smallest absolute Gasteiger partial charge is 0.433 e. The van der Waals surface area contributed by atoms with E-state index in [4.69, 9.17) is 0 Å². The Morgan fingerprint density at radius 3 is 2.33 bits per heavy atom. The van der Waals surface area contributed by atoms with Crippen LogP contribution in [0.2, 0.25) is 0 Å². The Kier molecular flexibility index (Phi) is 5.00. The van der Waals surface area contributed by atoms with Crippen LogP contribution in [0.25, 0.3) is 0 Å². The third kappa shape index (κ3) is 3.32. The van der Waals surface area contributed by atoms with E-state index in [1.165, 1.54) is 7.11 Å². The summed E-state index contributed by atoms with van der Waals surface area (Å²) >= 11 is 0. The Morgan fingerprint density at radius 2 is 2.00 bits per heavy atom. The highest BCUT2D eigenvalue weighted by molar-refractivity contribution is 6.04. The van der Waals surface area contributed by atoms with E-state index >= 15 is 0 Å². The molecule has 0 saturated heterocycles. The van der Waals surface area contributed by atoms with Crippen molar-refractivity contribution in [1.29, 1.82) is 0 Å². The van der Waals surface area contributed by atoms with Gasteiger partial charge in [0.25, 0.3) is 0 Å². The molecule has 0 spiro atoms. The SMILES string of the molecule is C=C(CC)/C(CC)=N/C(=O)OC. The predicted molar refractivity (Wildman–Crippen MR) is 49.6 cm³/mol. The number of carbonyl (C=O) groups excluding carboxylic acids is 1. The molecule has 0 radical (unpaired) electrons. The highest BCUT2D eigenvalue weighted by atomic mass is 16.5. The maximum atomic E-state index is 10.8. The van der Waals surface area contributed by atoms with Crippen LogP contribution in [0.4, 0.5) is 4.79 Å². The van der Waals surface area contributed by atoms with Crippen LogP contribution in [0.3, 0.4) is 0 Å². The molecule has 12 heavy (non-hydrogen) atoms. The quantitative estimate of drug-likeness (QED) is 0.609. The van der Waals surface area contributed by atoms with Gasteiger partial charge in [0.2, 0.25) is 0 Å². The minimum Gasteiger partial charge on any atom is -0.451 e. The minimum absolute atomic E-state index is 0.554. The molecule has 0 unspecified atom stereocenters. The molecule has 68 valence electrons. The zero-order chi connectivity index (χ0) is 9.56. The fourth-order valence-electron chi connectivity index (χ4n) is 0.768. The predicted octanol–water partition coefficient (Wildman–Crippen LogP) is 2.57. The molecule has 1 amide bonds. The van der Waals surface area contributed by atoms with Crippen molar-refractivity contribution in [1.82, 2.24) is 0 Å². The first-order chi connectivity index (χ1) is 5.65. The zero-order valence-electron chi connectivity index (χ0n) is 7.89. The van der Waals surface area contributed by atoms with Crippen LogP contribution in [0.5, 0.6) is 0 Å². The van der Waals surface area contributed by atoms with Crippen molar-refractivity contribution >= 4 is 11.8 Å². The van der Waals surface area contributed by atoms with E-state index in [1.54, 1.807) is 0 Å². The Morgan fingerprint density at radius 1 is 1.42 bits per heavy atom. The molecule has 0 fully saturated rings. The lowest BCUT2D eigenvalue weighted by Gasteiger charge is -2.03. The molecule has 0 rings (SSSR count). The van der Waals surface area contributed by atoms with Crippen molar-refractivity contribution in [2.75, 3.05) is 7.11 Å². The van der Waals surface area contributed by atoms with Crippen molar-refractivity contribution in [2.45, 2.75) is 26.7 Å². The molecule has 0 aliphatic rings. The Balaban J connectivity index is 4.43. The third-order valence-electron chi connectivity index (χ3n) is 1.57. The Bertz CT molecular complexity index is 207. The van der Waals surface area contributed by atoms with Gasteiger partial charge in [0.1, 0.15) is 0 Å². The number of hydrogen-bond acceptors (Lipinski definition) is 2. The Labute approximate surface area is 73.1 Å². The van der Waals surface area contributed by atoms with Gasteiger partial charge in [0, 0.05) is 0 Å². The summed E-state index contributed by atoms with van der Waals surface area (Å²) in [6.07, 6.45) is 0.965. The second-order valence-electron chi connectivity index (χ2n) is 2.34. The summed E-state index contributed by atoms with van der Waals surface area (Å²) in [5, 5.41) is 0. The minimum atomic E-state index is -0.554. The molecule has 0 saturated carbocycles. The maximum Gasteiger partial charge on any atom is 0.433 e. The molecule has 0 N–H and O–H groups in total. The highest BCUT2D eigenvalue weighted by Gasteiger charge is 2.03. The van der Waals surface area contributed by atoms with Gasteiger partial charge in [-0.05, 0) is 18.4 Å². The number of rotatable bonds is 3. The van der Waals surface area contributed by atoms with Crippen molar-refractivity contribution in [3.05, 3.63) is 12.2 Å². The number of nitrogens with zero attached hydrogens (tertiary/aromatic N) is 1. The average molecular weight is 169 g/mol. The standard InChI is InChI=1S/C9H15NO2/c1-5-7(3)8(6-2)10-9(11)12-4/h3,5-6H2,1-2,4H3/b10-8+. The molecular weight excluding hydrogens is 154 g/mol. The molecule has 0 bridgehead atoms. The molecular formula is C9H15NO2. The average Bonchev–Trinajstić information content (AvgIpc) is 2.12. The van der Waals surface area contributed by atoms with Crippen LogP contribution in [0.15, 0.2) is 17.1 Å². The molecule has 0 aliphatic heterocycles. The second-order valence-corrected chi connectivity index (χ2v) is 2.34. The number of aliphatic imine (C=N–C) groups is 1. The molecule has 3 nitrogen and oxygen atoms in total. The van der Waals surface area contributed by atoms with Crippen LogP contribution >= 0.6 is 0 Å². The molecule has 0 aliphatic carbocycles. The molecule has 0 heterocycles. The van der Waals surface area contributed by atoms with Gasteiger partial charge in [0.15, 0.2) is 0 Å². The van der Waals surface area contributed by atoms with E-state index in [-0.39, 0.29) is 0 Å². The Hall–Kier alpha value is -1.12. The summed E-state index contributed by atoms with van der Waals surface area (Å²) in [6.45, 7) is 7.70. The lowest BCUT2D eigenvalue weighted by molar-refractivity contribution is 0.182. The first-order valence-electron chi connectivity index (χ1n) is 3.99. The monoisotopic (exact) mass is 169 g/mol. The van der Waals surface area contributed by atoms with Crippen LogP contribution < -0.4 is 0 Å². The molecule has 0 aromatic heterocycles. The van der Waals surface area contributed by atoms with Gasteiger partial charge < -0.3 is 4.74 Å². The number of amides is 1. The molecule has 0 aromatic carbocycles. The lowest BCUT2D eigenvalue weighted by atomic mass is 10.1. The fourth-order valence-corrected chi connectivity index (χ4v) is 0.768. The first kappa shape index (κ1) is 10.9. The van der Waals surface area contributed by atoms with E-state index in [2.05, 4.69) is 16.3 Å². The summed E-state index contributed by atoms with van der Waals surface area (Å²) in [4.78, 5) is 14.5. The van der Waals surface area contributed by atoms with Gasteiger partial charge in [-0.25, -0.2) is 4.79 Å². The fraction of sp³-hybridized carbons (Fsp3) is 0.556. The topological polar surface area (TPSA) is 38.7 Å². The van der Waals surface area contributed by atoms with Gasteiger partial charge in [-0.15, -0.1) is 0 Å². The van der Waals surface area contributed by atoms with Crippen molar-refractivity contribution in [2.24, 2.45) is 4.99 Å². The van der Waals surface area contributed by atoms with Gasteiger partial charge in [0.05, 0.1) is 12.8 Å². The maximum absolute atomic E-state index is 10.8. The van der Waals surface area contributed by atoms with E-state index in [0.29, 0.717) is 6.42 Å². The van der Waals surface area contributed by atoms with Gasteiger partial charge >= 0.3 is 6.09 Å². The normalized spacial score (nSPS) is 11.1. The van der Waals surface area contributed by atoms with Crippen LogP contribution in [-0.2, 0) is 4.74 Å². The van der Waals surface area contributed by atoms with E-state index in [0.717, 1.165) is 17.7 Å². The summed E-state index contributed by atoms with van der Waals surface area (Å²) in [6, 6.07) is 0. The summed E-state index contributed by atoms with van der Waals surface area (Å²) < 4.78 is 4.41. The lowest BCUT2D eigenvalue weighted by Crippen LogP contribution is -2.04. The molecule has 3 heteroatoms. The van der Waals surface area contributed by atoms with Gasteiger partial charge in [-0.3, -0.25) is 0 Å². The molecule has 0 atom stereocenters. The van der Waals surface area contributed by atoms with Crippen molar-refractivity contribution in [3.63, 3.8) is 0 Å². The van der Waals surface area contributed by atoms with Gasteiger partial charge in [-0.2, -0.15) is 4.99 Å². The molecule has 0 aromatic rings. The third-order valence-corrected chi connectivity index (χ3v) is 1.57. The number of hydrogen-bond donors (Lipinski definition) is 0. The zero-order valence-corrected chi connectivity index (χ0v) is 7.89. The van der Waals surface area contributed by atoms with E-state index in [9.17, 15) is 4.79 Å². The van der Waals surface area contributed by atoms with Crippen molar-refractivity contribution in [3.8, 4) is 0 Å². The second kappa shape index (κ2) is 5.52. The summed E-state index contributed by atoms with van der Waals surface area (Å²) in [5.74, 6) is 0. The van der Waals surface area contributed by atoms with E-state index in [1.807, 2.05) is 13.8 Å². The van der Waals surface area contributed by atoms with Crippen LogP contribution in [0.1, 0.15) is 26.7 Å². The number of ether oxygens (including phenoxy) is 1. The first-order valence-corrected chi connectivity index (χ1v) is 3.99. The van der Waals surface area contributed by atoms with Gasteiger partial charge in [-0.1, -0.05) is 20.4 Å². The number of methoxy groups -OCH3 is 1. The highest BCUT2D eigenvalue weighted by Crippen LogP contribution is 2.04. The van der Waals surface area contributed by atoms with Crippen LogP contribution in [0, 0.1) is 0 Å². The largest absolute Gasteiger partial charge is 0.451 e.